The van der Waals surface area contributed by atoms with Crippen LogP contribution in [0.25, 0.3) is 0 Å². The van der Waals surface area contributed by atoms with E-state index in [-0.39, 0.29) is 5.97 Å². The van der Waals surface area contributed by atoms with E-state index in [2.05, 4.69) is 9.69 Å². The quantitative estimate of drug-likeness (QED) is 0.866. The van der Waals surface area contributed by atoms with Crippen molar-refractivity contribution in [1.82, 2.24) is 4.37 Å². The van der Waals surface area contributed by atoms with Crippen LogP contribution in [0.5, 0.6) is 0 Å². The van der Waals surface area contributed by atoms with Gasteiger partial charge < -0.3 is 10.1 Å². The molecule has 0 aliphatic carbocycles. The number of aryl methyl sites for hydroxylation is 1. The number of nitrogens with zero attached hydrogens (tertiary/aromatic N) is 1. The van der Waals surface area contributed by atoms with Gasteiger partial charge in [0.25, 0.3) is 0 Å². The molecule has 19 heavy (non-hydrogen) atoms. The fourth-order valence-corrected chi connectivity index (χ4v) is 2.56. The Morgan fingerprint density at radius 1 is 1.47 bits per heavy atom. The summed E-state index contributed by atoms with van der Waals surface area (Å²) in [6.45, 7) is 3.88. The van der Waals surface area contributed by atoms with Gasteiger partial charge in [-0.3, -0.25) is 0 Å². The topological polar surface area (TPSA) is 51.2 Å². The van der Waals surface area contributed by atoms with E-state index in [0.717, 1.165) is 5.69 Å². The number of aromatic nitrogens is 1. The van der Waals surface area contributed by atoms with E-state index in [1.165, 1.54) is 11.5 Å². The van der Waals surface area contributed by atoms with Gasteiger partial charge in [0, 0.05) is 0 Å². The van der Waals surface area contributed by atoms with E-state index in [0.29, 0.717) is 27.9 Å². The molecule has 0 aliphatic rings. The molecule has 0 radical (unpaired) electrons. The molecule has 0 amide bonds. The van der Waals surface area contributed by atoms with Crippen molar-refractivity contribution in [3.05, 3.63) is 40.5 Å². The first-order valence-electron chi connectivity index (χ1n) is 5.78. The molecule has 0 saturated heterocycles. The Kier molecular flexibility index (Phi) is 4.39. The molecular weight excluding hydrogens is 284 g/mol. The number of ether oxygens (including phenoxy) is 1. The van der Waals surface area contributed by atoms with Crippen molar-refractivity contribution >= 4 is 39.8 Å². The van der Waals surface area contributed by atoms with E-state index < -0.39 is 0 Å². The van der Waals surface area contributed by atoms with Crippen LogP contribution in [0.2, 0.25) is 5.02 Å². The molecule has 0 atom stereocenters. The number of benzene rings is 1. The van der Waals surface area contributed by atoms with Crippen molar-refractivity contribution in [2.45, 2.75) is 13.8 Å². The number of halogens is 1. The Morgan fingerprint density at radius 2 is 2.21 bits per heavy atom. The summed E-state index contributed by atoms with van der Waals surface area (Å²) in [4.78, 5) is 11.9. The second kappa shape index (κ2) is 6.04. The number of hydrogen-bond donors (Lipinski definition) is 1. The Morgan fingerprint density at radius 3 is 2.89 bits per heavy atom. The van der Waals surface area contributed by atoms with E-state index in [1.54, 1.807) is 19.9 Å². The van der Waals surface area contributed by atoms with Crippen molar-refractivity contribution < 1.29 is 9.53 Å². The largest absolute Gasteiger partial charge is 0.462 e. The monoisotopic (exact) mass is 296 g/mol. The van der Waals surface area contributed by atoms with Crippen molar-refractivity contribution in [2.75, 3.05) is 11.9 Å². The van der Waals surface area contributed by atoms with Gasteiger partial charge in [-0.15, -0.1) is 0 Å². The molecule has 2 rings (SSSR count). The predicted octanol–water partition coefficient (Wildman–Crippen LogP) is 4.03. The zero-order valence-corrected chi connectivity index (χ0v) is 12.1. The van der Waals surface area contributed by atoms with Crippen LogP contribution in [-0.2, 0) is 4.74 Å². The maximum atomic E-state index is 11.9. The lowest BCUT2D eigenvalue weighted by Crippen LogP contribution is -2.07. The summed E-state index contributed by atoms with van der Waals surface area (Å²) in [7, 11) is 0. The van der Waals surface area contributed by atoms with Crippen molar-refractivity contribution in [1.29, 1.82) is 0 Å². The lowest BCUT2D eigenvalue weighted by atomic mass is 10.2. The second-order valence-electron chi connectivity index (χ2n) is 3.80. The van der Waals surface area contributed by atoms with E-state index in [4.69, 9.17) is 16.3 Å². The number of carbonyl (C=O) groups is 1. The van der Waals surface area contributed by atoms with E-state index in [9.17, 15) is 4.79 Å². The average Bonchev–Trinajstić information content (AvgIpc) is 2.74. The maximum absolute atomic E-state index is 11.9. The number of hydrogen-bond acceptors (Lipinski definition) is 5. The number of anilines is 2. The zero-order chi connectivity index (χ0) is 13.8. The summed E-state index contributed by atoms with van der Waals surface area (Å²) in [6.07, 6.45) is 0. The Labute approximate surface area is 120 Å². The Bertz CT molecular complexity index is 598. The highest BCUT2D eigenvalue weighted by atomic mass is 35.5. The van der Waals surface area contributed by atoms with Gasteiger partial charge in [0.15, 0.2) is 0 Å². The standard InChI is InChI=1S/C13H13ClN2O2S/c1-3-18-13(17)11-8(2)16-19-12(11)15-10-7-5-4-6-9(10)14/h4-7,15H,3H2,1-2H3. The van der Waals surface area contributed by atoms with Gasteiger partial charge >= 0.3 is 5.97 Å². The number of esters is 1. The molecule has 0 saturated carbocycles. The summed E-state index contributed by atoms with van der Waals surface area (Å²) in [6, 6.07) is 7.33. The normalized spacial score (nSPS) is 10.3. The molecule has 0 bridgehead atoms. The Balaban J connectivity index is 2.31. The molecule has 0 aliphatic heterocycles. The average molecular weight is 297 g/mol. The van der Waals surface area contributed by atoms with Crippen molar-refractivity contribution in [3.8, 4) is 0 Å². The molecule has 6 heteroatoms. The molecule has 1 aromatic carbocycles. The van der Waals surface area contributed by atoms with Gasteiger partial charge in [-0.2, -0.15) is 4.37 Å². The SMILES string of the molecule is CCOC(=O)c1c(C)nsc1Nc1ccccc1Cl. The second-order valence-corrected chi connectivity index (χ2v) is 4.98. The van der Waals surface area contributed by atoms with E-state index >= 15 is 0 Å². The molecule has 0 fully saturated rings. The molecule has 1 aromatic heterocycles. The highest BCUT2D eigenvalue weighted by Gasteiger charge is 2.20. The Hall–Kier alpha value is -1.59. The highest BCUT2D eigenvalue weighted by Crippen LogP contribution is 2.31. The first-order valence-corrected chi connectivity index (χ1v) is 6.93. The summed E-state index contributed by atoms with van der Waals surface area (Å²) in [5.41, 5.74) is 1.85. The van der Waals surface area contributed by atoms with Crippen LogP contribution in [-0.4, -0.2) is 16.9 Å². The maximum Gasteiger partial charge on any atom is 0.343 e. The third-order valence-electron chi connectivity index (χ3n) is 2.46. The minimum Gasteiger partial charge on any atom is -0.462 e. The fourth-order valence-electron chi connectivity index (χ4n) is 1.58. The van der Waals surface area contributed by atoms with Gasteiger partial charge in [-0.1, -0.05) is 23.7 Å². The number of carbonyl (C=O) groups excluding carboxylic acids is 1. The molecule has 2 aromatic rings. The van der Waals surface area contributed by atoms with Gasteiger partial charge in [-0.05, 0) is 37.5 Å². The first kappa shape index (κ1) is 13.8. The number of para-hydroxylation sites is 1. The molecule has 4 nitrogen and oxygen atoms in total. The van der Waals surface area contributed by atoms with Gasteiger partial charge in [0.1, 0.15) is 10.6 Å². The van der Waals surface area contributed by atoms with Crippen molar-refractivity contribution in [2.24, 2.45) is 0 Å². The van der Waals surface area contributed by atoms with Crippen molar-refractivity contribution in [3.63, 3.8) is 0 Å². The fraction of sp³-hybridized carbons (Fsp3) is 0.231. The van der Waals surface area contributed by atoms with Gasteiger partial charge in [0.2, 0.25) is 0 Å². The van der Waals surface area contributed by atoms with Crippen LogP contribution in [0, 0.1) is 6.92 Å². The lowest BCUT2D eigenvalue weighted by molar-refractivity contribution is 0.0527. The van der Waals surface area contributed by atoms with Crippen LogP contribution >= 0.6 is 23.1 Å². The minimum atomic E-state index is -0.372. The number of rotatable bonds is 4. The van der Waals surface area contributed by atoms with Crippen LogP contribution in [0.1, 0.15) is 23.0 Å². The highest BCUT2D eigenvalue weighted by molar-refractivity contribution is 7.10. The van der Waals surface area contributed by atoms with Gasteiger partial charge in [0.05, 0.1) is 23.0 Å². The third kappa shape index (κ3) is 3.05. The molecule has 1 N–H and O–H groups in total. The number of nitrogens with one attached hydrogen (secondary N) is 1. The van der Waals surface area contributed by atoms with Crippen LogP contribution in [0.4, 0.5) is 10.7 Å². The summed E-state index contributed by atoms with van der Waals surface area (Å²) in [5.74, 6) is -0.372. The third-order valence-corrected chi connectivity index (χ3v) is 3.65. The first-order chi connectivity index (χ1) is 9.13. The molecule has 100 valence electrons. The van der Waals surface area contributed by atoms with Crippen LogP contribution in [0.15, 0.2) is 24.3 Å². The molecule has 0 spiro atoms. The zero-order valence-electron chi connectivity index (χ0n) is 10.6. The minimum absolute atomic E-state index is 0.333. The van der Waals surface area contributed by atoms with Crippen LogP contribution in [0.3, 0.4) is 0 Å². The predicted molar refractivity (Wildman–Crippen MR) is 77.5 cm³/mol. The lowest BCUT2D eigenvalue weighted by Gasteiger charge is -2.08. The summed E-state index contributed by atoms with van der Waals surface area (Å²) < 4.78 is 9.21. The van der Waals surface area contributed by atoms with Crippen LogP contribution < -0.4 is 5.32 Å². The summed E-state index contributed by atoms with van der Waals surface area (Å²) >= 11 is 7.29. The summed E-state index contributed by atoms with van der Waals surface area (Å²) in [5, 5.41) is 4.35. The van der Waals surface area contributed by atoms with Gasteiger partial charge in [-0.25, -0.2) is 4.79 Å². The smallest absolute Gasteiger partial charge is 0.343 e. The molecule has 1 heterocycles. The molecule has 0 unspecified atom stereocenters. The molecular formula is C13H13ClN2O2S. The van der Waals surface area contributed by atoms with E-state index in [1.807, 2.05) is 18.2 Å².